The van der Waals surface area contributed by atoms with Gasteiger partial charge in [0.2, 0.25) is 0 Å². The average molecular weight is 277 g/mol. The summed E-state index contributed by atoms with van der Waals surface area (Å²) >= 11 is 0. The van der Waals surface area contributed by atoms with Gasteiger partial charge in [0.1, 0.15) is 11.8 Å². The standard InChI is InChI=1S/C15H19NO4/c1-14(2)18-12-11(10-8-6-5-7-9-10)16-19-13(17-4)15(12,3)20-14/h5-9,12-13H,1-4H3/t12-,13-,15+/m1/s1. The molecule has 0 saturated carbocycles. The number of ether oxygens (including phenoxy) is 3. The Balaban J connectivity index is 2.04. The van der Waals surface area contributed by atoms with Crippen molar-refractivity contribution in [3.63, 3.8) is 0 Å². The molecule has 2 heterocycles. The Kier molecular flexibility index (Phi) is 3.08. The number of rotatable bonds is 2. The topological polar surface area (TPSA) is 49.3 Å². The van der Waals surface area contributed by atoms with Crippen LogP contribution >= 0.6 is 0 Å². The first-order valence-electron chi connectivity index (χ1n) is 6.66. The number of hydrogen-bond acceptors (Lipinski definition) is 5. The molecule has 5 nitrogen and oxygen atoms in total. The lowest BCUT2D eigenvalue weighted by Gasteiger charge is -2.37. The molecule has 2 aliphatic heterocycles. The van der Waals surface area contributed by atoms with Gasteiger partial charge in [0.15, 0.2) is 11.4 Å². The minimum atomic E-state index is -0.731. The van der Waals surface area contributed by atoms with Gasteiger partial charge in [-0.05, 0) is 20.8 Å². The Morgan fingerprint density at radius 3 is 2.50 bits per heavy atom. The maximum atomic E-state index is 6.04. The van der Waals surface area contributed by atoms with Crippen LogP contribution in [0, 0.1) is 0 Å². The molecule has 5 heteroatoms. The predicted molar refractivity (Wildman–Crippen MR) is 73.3 cm³/mol. The smallest absolute Gasteiger partial charge is 0.258 e. The second-order valence-electron chi connectivity index (χ2n) is 5.70. The quantitative estimate of drug-likeness (QED) is 0.832. The maximum Gasteiger partial charge on any atom is 0.258 e. The van der Waals surface area contributed by atoms with Crippen molar-refractivity contribution in [2.24, 2.45) is 5.16 Å². The van der Waals surface area contributed by atoms with E-state index >= 15 is 0 Å². The fraction of sp³-hybridized carbons (Fsp3) is 0.533. The number of nitrogens with zero attached hydrogens (tertiary/aromatic N) is 1. The fourth-order valence-electron chi connectivity index (χ4n) is 2.85. The minimum absolute atomic E-state index is 0.335. The largest absolute Gasteiger partial charge is 0.360 e. The molecule has 0 N–H and O–H groups in total. The highest BCUT2D eigenvalue weighted by Crippen LogP contribution is 2.43. The lowest BCUT2D eigenvalue weighted by Crippen LogP contribution is -2.55. The summed E-state index contributed by atoms with van der Waals surface area (Å²) in [5, 5.41) is 4.19. The van der Waals surface area contributed by atoms with Crippen molar-refractivity contribution in [3.05, 3.63) is 35.9 Å². The van der Waals surface area contributed by atoms with Crippen LogP contribution < -0.4 is 0 Å². The minimum Gasteiger partial charge on any atom is -0.360 e. The molecule has 0 bridgehead atoms. The molecule has 0 amide bonds. The van der Waals surface area contributed by atoms with Gasteiger partial charge in [-0.15, -0.1) is 0 Å². The maximum absolute atomic E-state index is 6.04. The summed E-state index contributed by atoms with van der Waals surface area (Å²) in [5.41, 5.74) is 0.956. The molecule has 1 aromatic rings. The van der Waals surface area contributed by atoms with Crippen molar-refractivity contribution in [3.8, 4) is 0 Å². The van der Waals surface area contributed by atoms with E-state index in [1.165, 1.54) is 0 Å². The van der Waals surface area contributed by atoms with Gasteiger partial charge in [-0.2, -0.15) is 0 Å². The Morgan fingerprint density at radius 1 is 1.15 bits per heavy atom. The SMILES string of the molecule is CO[C@@H]1ON=C(c2ccccc2)[C@H]2OC(C)(C)O[C@]12C. The second kappa shape index (κ2) is 4.55. The molecule has 108 valence electrons. The number of benzene rings is 1. The van der Waals surface area contributed by atoms with Gasteiger partial charge in [-0.1, -0.05) is 35.5 Å². The summed E-state index contributed by atoms with van der Waals surface area (Å²) in [6, 6.07) is 9.83. The molecule has 3 rings (SSSR count). The molecule has 0 aliphatic carbocycles. The Bertz CT molecular complexity index is 528. The zero-order valence-electron chi connectivity index (χ0n) is 12.1. The molecule has 2 aliphatic rings. The number of fused-ring (bicyclic) bond motifs is 1. The van der Waals surface area contributed by atoms with E-state index in [-0.39, 0.29) is 6.10 Å². The Morgan fingerprint density at radius 2 is 1.85 bits per heavy atom. The van der Waals surface area contributed by atoms with Crippen LogP contribution in [0.2, 0.25) is 0 Å². The summed E-state index contributed by atoms with van der Waals surface area (Å²) in [7, 11) is 1.57. The first-order valence-corrected chi connectivity index (χ1v) is 6.66. The van der Waals surface area contributed by atoms with Gasteiger partial charge in [0.25, 0.3) is 6.29 Å². The first-order chi connectivity index (χ1) is 9.46. The van der Waals surface area contributed by atoms with Gasteiger partial charge in [-0.25, -0.2) is 0 Å². The lowest BCUT2D eigenvalue weighted by molar-refractivity contribution is -0.253. The highest BCUT2D eigenvalue weighted by Gasteiger charge is 2.60. The van der Waals surface area contributed by atoms with Gasteiger partial charge in [-0.3, -0.25) is 0 Å². The molecule has 1 saturated heterocycles. The molecule has 0 radical (unpaired) electrons. The van der Waals surface area contributed by atoms with Crippen LogP contribution in [-0.4, -0.2) is 36.6 Å². The van der Waals surface area contributed by atoms with E-state index in [4.69, 9.17) is 19.0 Å². The van der Waals surface area contributed by atoms with Crippen LogP contribution in [0.1, 0.15) is 26.3 Å². The van der Waals surface area contributed by atoms with E-state index in [1.54, 1.807) is 7.11 Å². The predicted octanol–water partition coefficient (Wildman–Crippen LogP) is 2.30. The van der Waals surface area contributed by atoms with Crippen molar-refractivity contribution in [1.29, 1.82) is 0 Å². The summed E-state index contributed by atoms with van der Waals surface area (Å²) in [4.78, 5) is 5.47. The fourth-order valence-corrected chi connectivity index (χ4v) is 2.85. The Labute approximate surface area is 118 Å². The van der Waals surface area contributed by atoms with Crippen molar-refractivity contribution in [1.82, 2.24) is 0 Å². The van der Waals surface area contributed by atoms with E-state index in [9.17, 15) is 0 Å². The molecule has 1 fully saturated rings. The van der Waals surface area contributed by atoms with Gasteiger partial charge in [0, 0.05) is 12.7 Å². The summed E-state index contributed by atoms with van der Waals surface area (Å²) < 4.78 is 17.4. The third kappa shape index (κ3) is 2.02. The van der Waals surface area contributed by atoms with E-state index in [0.717, 1.165) is 11.3 Å². The normalized spacial score (nSPS) is 35.1. The van der Waals surface area contributed by atoms with E-state index in [1.807, 2.05) is 51.1 Å². The third-order valence-corrected chi connectivity index (χ3v) is 3.63. The van der Waals surface area contributed by atoms with E-state index < -0.39 is 17.7 Å². The molecule has 0 spiro atoms. The molecule has 0 aromatic heterocycles. The van der Waals surface area contributed by atoms with Crippen molar-refractivity contribution < 1.29 is 19.0 Å². The summed E-state index contributed by atoms with van der Waals surface area (Å²) in [5.74, 6) is -0.709. The number of methoxy groups -OCH3 is 1. The van der Waals surface area contributed by atoms with E-state index in [2.05, 4.69) is 5.16 Å². The van der Waals surface area contributed by atoms with Crippen molar-refractivity contribution >= 4 is 5.71 Å². The number of hydrogen-bond donors (Lipinski definition) is 0. The second-order valence-corrected chi connectivity index (χ2v) is 5.70. The monoisotopic (exact) mass is 277 g/mol. The highest BCUT2D eigenvalue weighted by atomic mass is 16.8. The van der Waals surface area contributed by atoms with Gasteiger partial charge in [0.05, 0.1) is 0 Å². The molecule has 1 aromatic carbocycles. The van der Waals surface area contributed by atoms with Crippen LogP contribution in [0.25, 0.3) is 0 Å². The average Bonchev–Trinajstić information content (AvgIpc) is 2.67. The van der Waals surface area contributed by atoms with Gasteiger partial charge >= 0.3 is 0 Å². The van der Waals surface area contributed by atoms with Crippen LogP contribution in [0.4, 0.5) is 0 Å². The first kappa shape index (κ1) is 13.5. The lowest BCUT2D eigenvalue weighted by atomic mass is 9.90. The molecule has 3 atom stereocenters. The number of oxime groups is 1. The van der Waals surface area contributed by atoms with Crippen LogP contribution in [0.15, 0.2) is 35.5 Å². The van der Waals surface area contributed by atoms with Gasteiger partial charge < -0.3 is 19.0 Å². The molecular formula is C15H19NO4. The van der Waals surface area contributed by atoms with Crippen molar-refractivity contribution in [2.75, 3.05) is 7.11 Å². The molecule has 20 heavy (non-hydrogen) atoms. The zero-order valence-corrected chi connectivity index (χ0v) is 12.1. The molecule has 0 unspecified atom stereocenters. The summed E-state index contributed by atoms with van der Waals surface area (Å²) in [6.07, 6.45) is -0.930. The van der Waals surface area contributed by atoms with Crippen LogP contribution in [0.3, 0.4) is 0 Å². The van der Waals surface area contributed by atoms with Crippen LogP contribution in [-0.2, 0) is 19.0 Å². The van der Waals surface area contributed by atoms with E-state index in [0.29, 0.717) is 0 Å². The highest BCUT2D eigenvalue weighted by molar-refractivity contribution is 6.04. The third-order valence-electron chi connectivity index (χ3n) is 3.63. The van der Waals surface area contributed by atoms with Crippen molar-refractivity contribution in [2.45, 2.75) is 44.6 Å². The van der Waals surface area contributed by atoms with Crippen LogP contribution in [0.5, 0.6) is 0 Å². The summed E-state index contributed by atoms with van der Waals surface area (Å²) in [6.45, 7) is 5.69. The molecular weight excluding hydrogens is 258 g/mol. The zero-order chi connectivity index (χ0) is 14.4. The Hall–Kier alpha value is -1.43.